The largest absolute Gasteiger partial charge is 0.478 e. The summed E-state index contributed by atoms with van der Waals surface area (Å²) in [6, 6.07) is 3.04. The lowest BCUT2D eigenvalue weighted by atomic mass is 10.1. The Morgan fingerprint density at radius 1 is 1.29 bits per heavy atom. The van der Waals surface area contributed by atoms with Gasteiger partial charge in [-0.1, -0.05) is 0 Å². The smallest absolute Gasteiger partial charge is 0.349 e. The van der Waals surface area contributed by atoms with Crippen molar-refractivity contribution in [1.29, 1.82) is 0 Å². The predicted octanol–water partition coefficient (Wildman–Crippen LogP) is 0.128. The summed E-state index contributed by atoms with van der Waals surface area (Å²) in [6.07, 6.45) is 0. The van der Waals surface area contributed by atoms with Gasteiger partial charge in [-0.15, -0.1) is 0 Å². The molecule has 8 nitrogen and oxygen atoms in total. The number of nitrogens with zero attached hydrogens (tertiary/aromatic N) is 3. The fourth-order valence-corrected chi connectivity index (χ4v) is 2.27. The summed E-state index contributed by atoms with van der Waals surface area (Å²) in [5, 5.41) is 9.17. The van der Waals surface area contributed by atoms with E-state index in [-0.39, 0.29) is 17.1 Å². The maximum atomic E-state index is 11.8. The Hall–Kier alpha value is -3.03. The topological polar surface area (TPSA) is 118 Å². The van der Waals surface area contributed by atoms with Crippen LogP contribution in [0.4, 0.5) is 0 Å². The van der Waals surface area contributed by atoms with Crippen LogP contribution < -0.4 is 11.2 Å². The second-order valence-corrected chi connectivity index (χ2v) is 4.68. The summed E-state index contributed by atoms with van der Waals surface area (Å²) in [5.74, 6) is -0.950. The quantitative estimate of drug-likeness (QED) is 0.614. The van der Waals surface area contributed by atoms with Crippen molar-refractivity contribution in [3.8, 4) is 11.5 Å². The fourth-order valence-electron chi connectivity index (χ4n) is 2.27. The molecule has 2 aliphatic rings. The van der Waals surface area contributed by atoms with Crippen LogP contribution in [0.25, 0.3) is 22.6 Å². The molecule has 0 saturated heterocycles. The van der Waals surface area contributed by atoms with E-state index in [1.807, 2.05) is 0 Å². The Morgan fingerprint density at radius 2 is 2.00 bits per heavy atom. The molecule has 0 aliphatic carbocycles. The molecule has 1 aromatic carbocycles. The number of nitrogens with one attached hydrogen (secondary N) is 1. The second-order valence-electron chi connectivity index (χ2n) is 4.68. The number of benzene rings is 1. The normalized spacial score (nSPS) is 11.1. The molecule has 21 heavy (non-hydrogen) atoms. The van der Waals surface area contributed by atoms with Gasteiger partial charge in [0.2, 0.25) is 0 Å². The standard InChI is InChI=1S/C13H10N4O4/c1-5-3-7-8(4-6(5)12(19)20)17(2)10-9(14-7)11(18)16-13(21)15-10/h3-4H,1-2H3,(H,19,20)(H,16,18,21). The van der Waals surface area contributed by atoms with E-state index in [2.05, 4.69) is 15.0 Å². The van der Waals surface area contributed by atoms with Gasteiger partial charge in [0.15, 0.2) is 11.5 Å². The van der Waals surface area contributed by atoms with Crippen molar-refractivity contribution >= 4 is 17.0 Å². The van der Waals surface area contributed by atoms with Crippen LogP contribution in [0.15, 0.2) is 21.7 Å². The van der Waals surface area contributed by atoms with Crippen molar-refractivity contribution in [1.82, 2.24) is 19.5 Å². The van der Waals surface area contributed by atoms with Gasteiger partial charge in [-0.2, -0.15) is 4.98 Å². The number of carbonyl (C=O) groups is 1. The lowest BCUT2D eigenvalue weighted by Gasteiger charge is -2.13. The van der Waals surface area contributed by atoms with Gasteiger partial charge in [-0.25, -0.2) is 14.6 Å². The van der Waals surface area contributed by atoms with E-state index < -0.39 is 17.2 Å². The maximum absolute atomic E-state index is 11.8. The average Bonchev–Trinajstić information content (AvgIpc) is 2.39. The first-order valence-corrected chi connectivity index (χ1v) is 6.03. The summed E-state index contributed by atoms with van der Waals surface area (Å²) >= 11 is 0. The molecular weight excluding hydrogens is 276 g/mol. The molecule has 2 aliphatic heterocycles. The van der Waals surface area contributed by atoms with E-state index in [0.29, 0.717) is 16.6 Å². The zero-order chi connectivity index (χ0) is 15.3. The first-order chi connectivity index (χ1) is 9.88. The van der Waals surface area contributed by atoms with Crippen molar-refractivity contribution in [2.45, 2.75) is 6.92 Å². The number of aromatic amines is 1. The lowest BCUT2D eigenvalue weighted by molar-refractivity contribution is 0.0696. The third kappa shape index (κ3) is 1.88. The van der Waals surface area contributed by atoms with Gasteiger partial charge in [-0.3, -0.25) is 9.78 Å². The molecule has 2 N–H and O–H groups in total. The van der Waals surface area contributed by atoms with Crippen LogP contribution in [-0.4, -0.2) is 30.6 Å². The molecule has 3 rings (SSSR count). The minimum atomic E-state index is -1.06. The number of hydrogen-bond acceptors (Lipinski definition) is 5. The molecule has 8 heteroatoms. The van der Waals surface area contributed by atoms with Crippen LogP contribution in [0, 0.1) is 6.92 Å². The Kier molecular flexibility index (Phi) is 2.62. The summed E-state index contributed by atoms with van der Waals surface area (Å²) < 4.78 is 1.49. The number of rotatable bonds is 1. The molecule has 0 radical (unpaired) electrons. The second kappa shape index (κ2) is 4.23. The number of fused-ring (bicyclic) bond motifs is 2. The molecule has 0 spiro atoms. The molecule has 106 valence electrons. The average molecular weight is 286 g/mol. The molecule has 0 saturated carbocycles. The highest BCUT2D eigenvalue weighted by atomic mass is 16.4. The van der Waals surface area contributed by atoms with Gasteiger partial charge >= 0.3 is 11.7 Å². The molecule has 0 amide bonds. The summed E-state index contributed by atoms with van der Waals surface area (Å²) in [4.78, 5) is 44.3. The van der Waals surface area contributed by atoms with Crippen LogP contribution in [0.3, 0.4) is 0 Å². The molecule has 2 heterocycles. The van der Waals surface area contributed by atoms with Crippen molar-refractivity contribution < 1.29 is 9.90 Å². The number of aromatic carboxylic acids is 1. The van der Waals surface area contributed by atoms with Crippen LogP contribution in [0.1, 0.15) is 15.9 Å². The van der Waals surface area contributed by atoms with Crippen molar-refractivity contribution in [2.75, 3.05) is 0 Å². The SMILES string of the molecule is Cc1cc2nc3c(=O)[nH]c(=O)nc-3n(C)c2cc1C(=O)O. The fraction of sp³-hybridized carbons (Fsp3) is 0.154. The van der Waals surface area contributed by atoms with Crippen LogP contribution in [0.2, 0.25) is 0 Å². The molecule has 0 fully saturated rings. The van der Waals surface area contributed by atoms with Gasteiger partial charge in [0, 0.05) is 7.05 Å². The van der Waals surface area contributed by atoms with Gasteiger partial charge in [0.1, 0.15) is 0 Å². The Morgan fingerprint density at radius 3 is 2.67 bits per heavy atom. The highest BCUT2D eigenvalue weighted by Gasteiger charge is 2.18. The number of carboxylic acid groups (broad SMARTS) is 1. The van der Waals surface area contributed by atoms with Gasteiger partial charge in [0.25, 0.3) is 5.56 Å². The van der Waals surface area contributed by atoms with E-state index in [0.717, 1.165) is 0 Å². The number of aryl methyl sites for hydroxylation is 2. The number of hydrogen-bond donors (Lipinski definition) is 2. The van der Waals surface area contributed by atoms with Gasteiger partial charge < -0.3 is 9.67 Å². The Balaban J connectivity index is 2.55. The number of aromatic nitrogens is 4. The third-order valence-corrected chi connectivity index (χ3v) is 3.32. The summed E-state index contributed by atoms with van der Waals surface area (Å²) in [5.41, 5.74) is 0.240. The van der Waals surface area contributed by atoms with Crippen molar-refractivity contribution in [3.05, 3.63) is 44.1 Å². The van der Waals surface area contributed by atoms with Crippen LogP contribution >= 0.6 is 0 Å². The minimum Gasteiger partial charge on any atom is -0.478 e. The summed E-state index contributed by atoms with van der Waals surface area (Å²) in [6.45, 7) is 1.65. The molecule has 0 atom stereocenters. The van der Waals surface area contributed by atoms with E-state index in [4.69, 9.17) is 5.11 Å². The number of H-pyrrole nitrogens is 1. The monoisotopic (exact) mass is 286 g/mol. The predicted molar refractivity (Wildman–Crippen MR) is 73.7 cm³/mol. The van der Waals surface area contributed by atoms with E-state index in [1.54, 1.807) is 20.0 Å². The number of carboxylic acids is 1. The van der Waals surface area contributed by atoms with E-state index >= 15 is 0 Å². The van der Waals surface area contributed by atoms with Crippen molar-refractivity contribution in [3.63, 3.8) is 0 Å². The first-order valence-electron chi connectivity index (χ1n) is 6.03. The maximum Gasteiger partial charge on any atom is 0.349 e. The highest BCUT2D eigenvalue weighted by molar-refractivity contribution is 5.94. The minimum absolute atomic E-state index is 0.0343. The molecule has 0 aromatic heterocycles. The van der Waals surface area contributed by atoms with Crippen LogP contribution in [-0.2, 0) is 7.05 Å². The third-order valence-electron chi connectivity index (χ3n) is 3.32. The zero-order valence-corrected chi connectivity index (χ0v) is 11.2. The zero-order valence-electron chi connectivity index (χ0n) is 11.2. The van der Waals surface area contributed by atoms with E-state index in [1.165, 1.54) is 10.6 Å². The Labute approximate surface area is 117 Å². The van der Waals surface area contributed by atoms with E-state index in [9.17, 15) is 14.4 Å². The highest BCUT2D eigenvalue weighted by Crippen LogP contribution is 2.22. The molecule has 1 aromatic rings. The molecule has 0 bridgehead atoms. The molecule has 0 unspecified atom stereocenters. The van der Waals surface area contributed by atoms with Crippen molar-refractivity contribution in [2.24, 2.45) is 7.05 Å². The first kappa shape index (κ1) is 13.0. The van der Waals surface area contributed by atoms with Crippen LogP contribution in [0.5, 0.6) is 0 Å². The summed E-state index contributed by atoms with van der Waals surface area (Å²) in [7, 11) is 1.60. The van der Waals surface area contributed by atoms with Gasteiger partial charge in [-0.05, 0) is 24.6 Å². The lowest BCUT2D eigenvalue weighted by Crippen LogP contribution is -2.28. The molecular formula is C13H10N4O4. The van der Waals surface area contributed by atoms with Gasteiger partial charge in [0.05, 0.1) is 16.6 Å². The Bertz CT molecular complexity index is 986.